The first-order chi connectivity index (χ1) is 13.1. The highest BCUT2D eigenvalue weighted by Crippen LogP contribution is 2.54. The van der Waals surface area contributed by atoms with Gasteiger partial charge in [-0.15, -0.1) is 0 Å². The lowest BCUT2D eigenvalue weighted by molar-refractivity contribution is -0.138. The zero-order valence-corrected chi connectivity index (χ0v) is 14.3. The van der Waals surface area contributed by atoms with Crippen LogP contribution in [0.25, 0.3) is 11.0 Å². The third-order valence-corrected chi connectivity index (χ3v) is 5.38. The summed E-state index contributed by atoms with van der Waals surface area (Å²) >= 11 is 0. The largest absolute Gasteiger partial charge is 0.489 e. The summed E-state index contributed by atoms with van der Waals surface area (Å²) in [7, 11) is 0. The third-order valence-electron chi connectivity index (χ3n) is 5.38. The van der Waals surface area contributed by atoms with Gasteiger partial charge < -0.3 is 14.7 Å². The Kier molecular flexibility index (Phi) is 3.24. The van der Waals surface area contributed by atoms with Crippen LogP contribution < -0.4 is 9.64 Å². The van der Waals surface area contributed by atoms with Crippen molar-refractivity contribution < 1.29 is 19.4 Å². The highest BCUT2D eigenvalue weighted by atomic mass is 16.5. The number of aromatic nitrogens is 3. The number of nitrogens with zero attached hydrogens (tertiary/aromatic N) is 3. The van der Waals surface area contributed by atoms with Crippen LogP contribution in [0.1, 0.15) is 18.4 Å². The number of aromatic amines is 1. The minimum Gasteiger partial charge on any atom is -0.489 e. The van der Waals surface area contributed by atoms with Crippen LogP contribution in [0.2, 0.25) is 0 Å². The number of aliphatic carboxylic acids is 1. The molecule has 136 valence electrons. The van der Waals surface area contributed by atoms with Crippen LogP contribution in [0.4, 0.5) is 5.69 Å². The molecule has 1 saturated carbocycles. The molecule has 5 rings (SSSR count). The maximum absolute atomic E-state index is 13.0. The first-order valence-corrected chi connectivity index (χ1v) is 8.66. The summed E-state index contributed by atoms with van der Waals surface area (Å²) in [5.41, 5.74) is 1.57. The topological polar surface area (TPSA) is 108 Å². The molecule has 3 heterocycles. The molecule has 1 aliphatic carbocycles. The average molecular weight is 364 g/mol. The first kappa shape index (κ1) is 15.8. The number of carboxylic acid groups (broad SMARTS) is 1. The number of anilines is 1. The van der Waals surface area contributed by atoms with Crippen LogP contribution in [0.5, 0.6) is 5.75 Å². The average Bonchev–Trinajstić information content (AvgIpc) is 3.17. The van der Waals surface area contributed by atoms with E-state index >= 15 is 0 Å². The van der Waals surface area contributed by atoms with E-state index in [4.69, 9.17) is 9.84 Å². The van der Waals surface area contributed by atoms with Gasteiger partial charge in [0, 0.05) is 23.9 Å². The second-order valence-electron chi connectivity index (χ2n) is 7.01. The number of carbonyl (C=O) groups is 2. The molecule has 0 atom stereocenters. The fourth-order valence-electron chi connectivity index (χ4n) is 4.16. The Hall–Kier alpha value is -3.42. The summed E-state index contributed by atoms with van der Waals surface area (Å²) in [6, 6.07) is 9.26. The predicted molar refractivity (Wildman–Crippen MR) is 95.6 cm³/mol. The molecule has 2 aromatic heterocycles. The number of pyridine rings is 1. The first-order valence-electron chi connectivity index (χ1n) is 8.66. The van der Waals surface area contributed by atoms with E-state index in [2.05, 4.69) is 15.2 Å². The van der Waals surface area contributed by atoms with Crippen LogP contribution in [-0.2, 0) is 15.0 Å². The molecule has 1 aromatic carbocycles. The zero-order chi connectivity index (χ0) is 18.6. The molecule has 0 unspecified atom stereocenters. The number of ether oxygens (including phenoxy) is 1. The number of carbonyl (C=O) groups excluding carboxylic acids is 1. The van der Waals surface area contributed by atoms with Gasteiger partial charge in [0.1, 0.15) is 18.4 Å². The number of hydrogen-bond acceptors (Lipinski definition) is 5. The monoisotopic (exact) mass is 364 g/mol. The highest BCUT2D eigenvalue weighted by molar-refractivity contribution is 6.10. The normalized spacial score (nSPS) is 23.5. The second kappa shape index (κ2) is 5.54. The van der Waals surface area contributed by atoms with Crippen molar-refractivity contribution in [3.63, 3.8) is 0 Å². The Bertz CT molecular complexity index is 1070. The Balaban J connectivity index is 1.39. The van der Waals surface area contributed by atoms with Crippen molar-refractivity contribution >= 4 is 28.6 Å². The van der Waals surface area contributed by atoms with Crippen molar-refractivity contribution in [3.05, 3.63) is 48.3 Å². The van der Waals surface area contributed by atoms with Crippen LogP contribution >= 0.6 is 0 Å². The molecule has 1 amide bonds. The van der Waals surface area contributed by atoms with Crippen molar-refractivity contribution in [2.75, 3.05) is 11.4 Å². The van der Waals surface area contributed by atoms with E-state index < -0.39 is 11.4 Å². The molecule has 0 radical (unpaired) electrons. The van der Waals surface area contributed by atoms with E-state index in [1.807, 2.05) is 24.3 Å². The van der Waals surface area contributed by atoms with Crippen LogP contribution in [0.15, 0.2) is 42.7 Å². The molecule has 2 aliphatic rings. The predicted octanol–water partition coefficient (Wildman–Crippen LogP) is 1.87. The number of rotatable bonds is 4. The summed E-state index contributed by atoms with van der Waals surface area (Å²) in [6.07, 6.45) is 4.22. The van der Waals surface area contributed by atoms with Crippen molar-refractivity contribution in [2.24, 2.45) is 0 Å². The molecule has 1 aliphatic heterocycles. The Morgan fingerprint density at radius 1 is 1.33 bits per heavy atom. The number of carboxylic acids is 1. The molecule has 27 heavy (non-hydrogen) atoms. The fourth-order valence-corrected chi connectivity index (χ4v) is 4.16. The van der Waals surface area contributed by atoms with Crippen molar-refractivity contribution in [2.45, 2.75) is 24.4 Å². The van der Waals surface area contributed by atoms with Gasteiger partial charge >= 0.3 is 5.97 Å². The Morgan fingerprint density at radius 2 is 2.15 bits per heavy atom. The quantitative estimate of drug-likeness (QED) is 0.732. The Labute approximate surface area is 153 Å². The van der Waals surface area contributed by atoms with Crippen molar-refractivity contribution in [3.8, 4) is 5.75 Å². The SMILES string of the molecule is O=C(O)CN1C(=O)C2(CC(Oc3cnc4[nH]ncc4c3)C2)c2ccccc21. The van der Waals surface area contributed by atoms with E-state index in [-0.39, 0.29) is 18.6 Å². The highest BCUT2D eigenvalue weighted by Gasteiger charge is 2.59. The zero-order valence-electron chi connectivity index (χ0n) is 14.3. The Morgan fingerprint density at radius 3 is 2.96 bits per heavy atom. The van der Waals surface area contributed by atoms with E-state index in [1.165, 1.54) is 4.90 Å². The lowest BCUT2D eigenvalue weighted by atomic mass is 9.63. The van der Waals surface area contributed by atoms with Crippen LogP contribution in [0, 0.1) is 0 Å². The number of H-pyrrole nitrogens is 1. The number of hydrogen-bond donors (Lipinski definition) is 2. The standard InChI is InChI=1S/C19H16N4O4/c24-16(25)10-23-15-4-2-1-3-14(15)19(18(23)26)6-13(7-19)27-12-5-11-8-21-22-17(11)20-9-12/h1-5,8-9,13H,6-7,10H2,(H,24,25)(H,20,21,22). The van der Waals surface area contributed by atoms with Gasteiger partial charge in [-0.25, -0.2) is 4.98 Å². The lowest BCUT2D eigenvalue weighted by Crippen LogP contribution is -2.54. The number of benzene rings is 1. The van der Waals surface area contributed by atoms with E-state index in [9.17, 15) is 9.59 Å². The maximum Gasteiger partial charge on any atom is 0.323 e. The van der Waals surface area contributed by atoms with Gasteiger partial charge in [0.15, 0.2) is 5.65 Å². The fraction of sp³-hybridized carbons (Fsp3) is 0.263. The summed E-state index contributed by atoms with van der Waals surface area (Å²) < 4.78 is 6.00. The van der Waals surface area contributed by atoms with Crippen molar-refractivity contribution in [1.82, 2.24) is 15.2 Å². The third kappa shape index (κ3) is 2.29. The molecule has 8 nitrogen and oxygen atoms in total. The summed E-state index contributed by atoms with van der Waals surface area (Å²) in [6.45, 7) is -0.329. The number of nitrogens with one attached hydrogen (secondary N) is 1. The number of para-hydroxylation sites is 1. The number of amides is 1. The van der Waals surface area contributed by atoms with Gasteiger partial charge in [-0.1, -0.05) is 18.2 Å². The molecule has 1 spiro atoms. The van der Waals surface area contributed by atoms with Gasteiger partial charge in [0.05, 0.1) is 17.8 Å². The number of fused-ring (bicyclic) bond motifs is 3. The summed E-state index contributed by atoms with van der Waals surface area (Å²) in [5, 5.41) is 16.7. The van der Waals surface area contributed by atoms with E-state index in [0.29, 0.717) is 29.9 Å². The van der Waals surface area contributed by atoms with Gasteiger partial charge in [-0.3, -0.25) is 14.7 Å². The van der Waals surface area contributed by atoms with Crippen molar-refractivity contribution in [1.29, 1.82) is 0 Å². The van der Waals surface area contributed by atoms with Gasteiger partial charge in [0.25, 0.3) is 0 Å². The van der Waals surface area contributed by atoms with Gasteiger partial charge in [0.2, 0.25) is 5.91 Å². The minimum absolute atomic E-state index is 0.127. The molecule has 8 heteroatoms. The molecule has 0 saturated heterocycles. The lowest BCUT2D eigenvalue weighted by Gasteiger charge is -2.43. The van der Waals surface area contributed by atoms with Gasteiger partial charge in [-0.2, -0.15) is 5.10 Å². The van der Waals surface area contributed by atoms with Crippen LogP contribution in [-0.4, -0.2) is 44.8 Å². The second-order valence-corrected chi connectivity index (χ2v) is 7.01. The molecule has 3 aromatic rings. The smallest absolute Gasteiger partial charge is 0.323 e. The molecule has 1 fully saturated rings. The molecule has 2 N–H and O–H groups in total. The molecule has 0 bridgehead atoms. The summed E-state index contributed by atoms with van der Waals surface area (Å²) in [4.78, 5) is 29.8. The van der Waals surface area contributed by atoms with Crippen LogP contribution in [0.3, 0.4) is 0 Å². The van der Waals surface area contributed by atoms with E-state index in [0.717, 1.165) is 10.9 Å². The summed E-state index contributed by atoms with van der Waals surface area (Å²) in [5.74, 6) is -0.555. The maximum atomic E-state index is 13.0. The molecular formula is C19H16N4O4. The van der Waals surface area contributed by atoms with Gasteiger partial charge in [-0.05, 0) is 17.7 Å². The van der Waals surface area contributed by atoms with E-state index in [1.54, 1.807) is 18.5 Å². The molecular weight excluding hydrogens is 348 g/mol. The minimum atomic E-state index is -1.03.